The first-order valence-corrected chi connectivity index (χ1v) is 6.14. The zero-order chi connectivity index (χ0) is 13.8. The van der Waals surface area contributed by atoms with E-state index in [1.807, 2.05) is 38.1 Å². The van der Waals surface area contributed by atoms with Crippen molar-refractivity contribution in [3.63, 3.8) is 0 Å². The Morgan fingerprint density at radius 3 is 2.44 bits per heavy atom. The zero-order valence-corrected chi connectivity index (χ0v) is 11.5. The summed E-state index contributed by atoms with van der Waals surface area (Å²) >= 11 is 0. The standard InChI is InChI=1S/C14H22N2O2/c1-5-14(3,15)13(17)16-10(2)11-6-8-12(18-4)9-7-11/h6-10H,5,15H2,1-4H3,(H,16,17). The third kappa shape index (κ3) is 3.47. The van der Waals surface area contributed by atoms with Gasteiger partial charge in [-0.3, -0.25) is 4.79 Å². The molecule has 0 radical (unpaired) electrons. The zero-order valence-electron chi connectivity index (χ0n) is 11.5. The Labute approximate surface area is 109 Å². The Balaban J connectivity index is 2.70. The number of nitrogens with two attached hydrogens (primary N) is 1. The van der Waals surface area contributed by atoms with E-state index in [1.54, 1.807) is 14.0 Å². The number of benzene rings is 1. The molecular formula is C14H22N2O2. The molecule has 0 heterocycles. The van der Waals surface area contributed by atoms with E-state index in [4.69, 9.17) is 10.5 Å². The van der Waals surface area contributed by atoms with Gasteiger partial charge in [0, 0.05) is 0 Å². The molecule has 1 amide bonds. The summed E-state index contributed by atoms with van der Waals surface area (Å²) in [4.78, 5) is 11.9. The molecule has 0 aliphatic rings. The summed E-state index contributed by atoms with van der Waals surface area (Å²) in [5.74, 6) is 0.669. The second kappa shape index (κ2) is 5.87. The molecule has 3 N–H and O–H groups in total. The van der Waals surface area contributed by atoms with Gasteiger partial charge in [0.1, 0.15) is 5.75 Å². The number of methoxy groups -OCH3 is 1. The van der Waals surface area contributed by atoms with Crippen LogP contribution in [0.1, 0.15) is 38.8 Å². The fourth-order valence-corrected chi connectivity index (χ4v) is 1.50. The van der Waals surface area contributed by atoms with Crippen molar-refractivity contribution >= 4 is 5.91 Å². The van der Waals surface area contributed by atoms with E-state index in [0.29, 0.717) is 6.42 Å². The lowest BCUT2D eigenvalue weighted by molar-refractivity contribution is -0.126. The minimum absolute atomic E-state index is 0.0715. The molecular weight excluding hydrogens is 228 g/mol. The van der Waals surface area contributed by atoms with Crippen molar-refractivity contribution in [3.8, 4) is 5.75 Å². The molecule has 18 heavy (non-hydrogen) atoms. The number of amides is 1. The van der Waals surface area contributed by atoms with Gasteiger partial charge >= 0.3 is 0 Å². The SMILES string of the molecule is CCC(C)(N)C(=O)NC(C)c1ccc(OC)cc1. The van der Waals surface area contributed by atoms with Crippen LogP contribution in [0.3, 0.4) is 0 Å². The van der Waals surface area contributed by atoms with E-state index in [1.165, 1.54) is 0 Å². The minimum atomic E-state index is -0.819. The molecule has 1 rings (SSSR count). The maximum atomic E-state index is 11.9. The molecule has 0 saturated carbocycles. The monoisotopic (exact) mass is 250 g/mol. The molecule has 0 aromatic heterocycles. The third-order valence-corrected chi connectivity index (χ3v) is 3.22. The molecule has 0 saturated heterocycles. The van der Waals surface area contributed by atoms with E-state index >= 15 is 0 Å². The van der Waals surface area contributed by atoms with Gasteiger partial charge in [0.2, 0.25) is 5.91 Å². The second-order valence-corrected chi connectivity index (χ2v) is 4.74. The fraction of sp³-hybridized carbons (Fsp3) is 0.500. The molecule has 1 aromatic rings. The highest BCUT2D eigenvalue weighted by Crippen LogP contribution is 2.18. The topological polar surface area (TPSA) is 64.4 Å². The van der Waals surface area contributed by atoms with Gasteiger partial charge in [-0.1, -0.05) is 19.1 Å². The lowest BCUT2D eigenvalue weighted by Crippen LogP contribution is -2.51. The van der Waals surface area contributed by atoms with Crippen LogP contribution in [0.4, 0.5) is 0 Å². The van der Waals surface area contributed by atoms with Gasteiger partial charge in [-0.15, -0.1) is 0 Å². The first-order valence-electron chi connectivity index (χ1n) is 6.14. The molecule has 4 nitrogen and oxygen atoms in total. The fourth-order valence-electron chi connectivity index (χ4n) is 1.50. The summed E-state index contributed by atoms with van der Waals surface area (Å²) in [7, 11) is 1.63. The summed E-state index contributed by atoms with van der Waals surface area (Å²) in [5, 5.41) is 2.92. The van der Waals surface area contributed by atoms with Crippen LogP contribution in [0.5, 0.6) is 5.75 Å². The molecule has 100 valence electrons. The van der Waals surface area contributed by atoms with Crippen molar-refractivity contribution in [3.05, 3.63) is 29.8 Å². The minimum Gasteiger partial charge on any atom is -0.497 e. The van der Waals surface area contributed by atoms with E-state index in [-0.39, 0.29) is 11.9 Å². The van der Waals surface area contributed by atoms with Gasteiger partial charge in [0.25, 0.3) is 0 Å². The van der Waals surface area contributed by atoms with Gasteiger partial charge in [0.15, 0.2) is 0 Å². The average Bonchev–Trinajstić information content (AvgIpc) is 2.38. The number of rotatable bonds is 5. The molecule has 0 spiro atoms. The summed E-state index contributed by atoms with van der Waals surface area (Å²) in [5.41, 5.74) is 6.10. The van der Waals surface area contributed by atoms with Gasteiger partial charge < -0.3 is 15.8 Å². The van der Waals surface area contributed by atoms with Crippen LogP contribution in [-0.4, -0.2) is 18.6 Å². The van der Waals surface area contributed by atoms with Crippen LogP contribution in [0.15, 0.2) is 24.3 Å². The lowest BCUT2D eigenvalue weighted by Gasteiger charge is -2.24. The highest BCUT2D eigenvalue weighted by molar-refractivity contribution is 5.85. The van der Waals surface area contributed by atoms with Gasteiger partial charge in [0.05, 0.1) is 18.7 Å². The van der Waals surface area contributed by atoms with Crippen LogP contribution in [-0.2, 0) is 4.79 Å². The highest BCUT2D eigenvalue weighted by Gasteiger charge is 2.27. The number of ether oxygens (including phenoxy) is 1. The quantitative estimate of drug-likeness (QED) is 0.840. The van der Waals surface area contributed by atoms with Crippen LogP contribution in [0.25, 0.3) is 0 Å². The van der Waals surface area contributed by atoms with Gasteiger partial charge in [-0.05, 0) is 38.0 Å². The number of carbonyl (C=O) groups excluding carboxylic acids is 1. The van der Waals surface area contributed by atoms with Crippen LogP contribution in [0, 0.1) is 0 Å². The van der Waals surface area contributed by atoms with E-state index < -0.39 is 5.54 Å². The van der Waals surface area contributed by atoms with E-state index in [0.717, 1.165) is 11.3 Å². The predicted octanol–water partition coefficient (Wildman–Crippen LogP) is 2.00. The second-order valence-electron chi connectivity index (χ2n) is 4.74. The van der Waals surface area contributed by atoms with Gasteiger partial charge in [-0.25, -0.2) is 0 Å². The highest BCUT2D eigenvalue weighted by atomic mass is 16.5. The van der Waals surface area contributed by atoms with Crippen molar-refractivity contribution in [2.75, 3.05) is 7.11 Å². The first-order chi connectivity index (χ1) is 8.40. The molecule has 2 atom stereocenters. The smallest absolute Gasteiger partial charge is 0.240 e. The van der Waals surface area contributed by atoms with Crippen LogP contribution < -0.4 is 15.8 Å². The number of carbonyl (C=O) groups is 1. The Morgan fingerprint density at radius 2 is 2.00 bits per heavy atom. The normalized spacial score (nSPS) is 15.6. The van der Waals surface area contributed by atoms with E-state index in [2.05, 4.69) is 5.32 Å². The van der Waals surface area contributed by atoms with Crippen molar-refractivity contribution in [2.45, 2.75) is 38.8 Å². The summed E-state index contributed by atoms with van der Waals surface area (Å²) in [6, 6.07) is 7.55. The number of hydrogen-bond donors (Lipinski definition) is 2. The molecule has 1 aromatic carbocycles. The Hall–Kier alpha value is -1.55. The summed E-state index contributed by atoms with van der Waals surface area (Å²) in [6.07, 6.45) is 0.605. The van der Waals surface area contributed by atoms with Crippen molar-refractivity contribution in [2.24, 2.45) is 5.73 Å². The maximum Gasteiger partial charge on any atom is 0.240 e. The molecule has 0 fully saturated rings. The summed E-state index contributed by atoms with van der Waals surface area (Å²) in [6.45, 7) is 5.58. The first kappa shape index (κ1) is 14.5. The molecule has 4 heteroatoms. The Morgan fingerprint density at radius 1 is 1.44 bits per heavy atom. The number of hydrogen-bond acceptors (Lipinski definition) is 3. The predicted molar refractivity (Wildman–Crippen MR) is 72.4 cm³/mol. The molecule has 0 aliphatic carbocycles. The van der Waals surface area contributed by atoms with Crippen molar-refractivity contribution in [1.29, 1.82) is 0 Å². The average molecular weight is 250 g/mol. The van der Waals surface area contributed by atoms with Gasteiger partial charge in [-0.2, -0.15) is 0 Å². The molecule has 0 aliphatic heterocycles. The Bertz CT molecular complexity index is 399. The molecule has 0 bridgehead atoms. The maximum absolute atomic E-state index is 11.9. The molecule has 2 unspecified atom stereocenters. The summed E-state index contributed by atoms with van der Waals surface area (Å²) < 4.78 is 5.09. The van der Waals surface area contributed by atoms with E-state index in [9.17, 15) is 4.79 Å². The number of nitrogens with one attached hydrogen (secondary N) is 1. The van der Waals surface area contributed by atoms with Crippen LogP contribution >= 0.6 is 0 Å². The Kier molecular flexibility index (Phi) is 4.73. The largest absolute Gasteiger partial charge is 0.497 e. The van der Waals surface area contributed by atoms with Crippen molar-refractivity contribution in [1.82, 2.24) is 5.32 Å². The van der Waals surface area contributed by atoms with Crippen molar-refractivity contribution < 1.29 is 9.53 Å². The lowest BCUT2D eigenvalue weighted by atomic mass is 9.98. The van der Waals surface area contributed by atoms with Crippen LogP contribution in [0.2, 0.25) is 0 Å². The third-order valence-electron chi connectivity index (χ3n) is 3.22.